The summed E-state index contributed by atoms with van der Waals surface area (Å²) in [7, 11) is 0. The lowest BCUT2D eigenvalue weighted by molar-refractivity contribution is 0.341. The molecule has 0 atom stereocenters. The molecule has 2 N–H and O–H groups in total. The summed E-state index contributed by atoms with van der Waals surface area (Å²) in [4.78, 5) is 22.4. The molecule has 1 aliphatic heterocycles. The zero-order chi connectivity index (χ0) is 15.6. The van der Waals surface area contributed by atoms with Gasteiger partial charge in [-0.25, -0.2) is 4.98 Å². The lowest BCUT2D eigenvalue weighted by Gasteiger charge is -2.13. The highest BCUT2D eigenvalue weighted by molar-refractivity contribution is 5.83. The first-order valence-electron chi connectivity index (χ1n) is 8.04. The molecule has 23 heavy (non-hydrogen) atoms. The second kappa shape index (κ2) is 5.96. The molecule has 3 heterocycles. The fourth-order valence-corrected chi connectivity index (χ4v) is 3.16. The molecular formula is C17H19N5O. The molecule has 1 aromatic carbocycles. The van der Waals surface area contributed by atoms with Crippen molar-refractivity contribution in [2.24, 2.45) is 0 Å². The molecule has 1 saturated heterocycles. The van der Waals surface area contributed by atoms with E-state index in [0.717, 1.165) is 48.5 Å². The maximum Gasteiger partial charge on any atom is 0.258 e. The van der Waals surface area contributed by atoms with Crippen LogP contribution < -0.4 is 5.56 Å². The van der Waals surface area contributed by atoms with Gasteiger partial charge in [0.05, 0.1) is 17.1 Å². The molecular weight excluding hydrogens is 290 g/mol. The van der Waals surface area contributed by atoms with Crippen molar-refractivity contribution in [2.75, 3.05) is 19.6 Å². The van der Waals surface area contributed by atoms with Gasteiger partial charge in [-0.2, -0.15) is 5.10 Å². The van der Waals surface area contributed by atoms with Crippen molar-refractivity contribution in [3.05, 3.63) is 46.8 Å². The molecule has 0 saturated carbocycles. The van der Waals surface area contributed by atoms with Crippen LogP contribution in [0.25, 0.3) is 22.0 Å². The number of aromatic nitrogens is 4. The smallest absolute Gasteiger partial charge is 0.258 e. The molecule has 6 nitrogen and oxygen atoms in total. The van der Waals surface area contributed by atoms with Crippen molar-refractivity contribution >= 4 is 10.9 Å². The quantitative estimate of drug-likeness (QED) is 0.772. The standard InChI is InChI=1S/C17H19N5O/c23-17-14-9-12(13-10-18-19-11-13)3-4-15(14)20-16(21-17)5-8-22-6-1-2-7-22/h3-4,9-11H,1-2,5-8H2,(H,18,19)(H,20,21,23). The molecule has 0 bridgehead atoms. The van der Waals surface area contributed by atoms with Crippen molar-refractivity contribution < 1.29 is 0 Å². The largest absolute Gasteiger partial charge is 0.310 e. The summed E-state index contributed by atoms with van der Waals surface area (Å²) in [6, 6.07) is 5.76. The van der Waals surface area contributed by atoms with Gasteiger partial charge in [-0.3, -0.25) is 9.89 Å². The number of aromatic amines is 2. The Morgan fingerprint density at radius 1 is 1.17 bits per heavy atom. The number of H-pyrrole nitrogens is 2. The van der Waals surface area contributed by atoms with E-state index in [-0.39, 0.29) is 5.56 Å². The minimum Gasteiger partial charge on any atom is -0.310 e. The van der Waals surface area contributed by atoms with Crippen molar-refractivity contribution in [3.8, 4) is 11.1 Å². The van der Waals surface area contributed by atoms with Crippen LogP contribution in [0.3, 0.4) is 0 Å². The molecule has 0 spiro atoms. The molecule has 3 aromatic rings. The van der Waals surface area contributed by atoms with Gasteiger partial charge in [-0.15, -0.1) is 0 Å². The number of rotatable bonds is 4. The predicted octanol–water partition coefficient (Wildman–Crippen LogP) is 1.95. The molecule has 2 aromatic heterocycles. The number of hydrogen-bond acceptors (Lipinski definition) is 4. The summed E-state index contributed by atoms with van der Waals surface area (Å²) >= 11 is 0. The van der Waals surface area contributed by atoms with E-state index in [2.05, 4.69) is 25.1 Å². The molecule has 1 fully saturated rings. The summed E-state index contributed by atoms with van der Waals surface area (Å²) in [5, 5.41) is 7.35. The first-order valence-corrected chi connectivity index (χ1v) is 8.04. The summed E-state index contributed by atoms with van der Waals surface area (Å²) < 4.78 is 0. The third-order valence-corrected chi connectivity index (χ3v) is 4.45. The van der Waals surface area contributed by atoms with Gasteiger partial charge in [0, 0.05) is 24.7 Å². The summed E-state index contributed by atoms with van der Waals surface area (Å²) in [5.41, 5.74) is 2.60. The van der Waals surface area contributed by atoms with Crippen LogP contribution in [0, 0.1) is 0 Å². The second-order valence-corrected chi connectivity index (χ2v) is 6.03. The Hall–Kier alpha value is -2.47. The normalized spacial score (nSPS) is 15.5. The maximum absolute atomic E-state index is 12.4. The van der Waals surface area contributed by atoms with Crippen molar-refractivity contribution in [1.29, 1.82) is 0 Å². The van der Waals surface area contributed by atoms with Crippen molar-refractivity contribution in [1.82, 2.24) is 25.1 Å². The van der Waals surface area contributed by atoms with Crippen LogP contribution in [0.2, 0.25) is 0 Å². The van der Waals surface area contributed by atoms with E-state index < -0.39 is 0 Å². The number of hydrogen-bond donors (Lipinski definition) is 2. The van der Waals surface area contributed by atoms with E-state index in [9.17, 15) is 4.79 Å². The van der Waals surface area contributed by atoms with Crippen LogP contribution in [0.15, 0.2) is 35.4 Å². The topological polar surface area (TPSA) is 77.7 Å². The number of benzene rings is 1. The first kappa shape index (κ1) is 14.1. The van der Waals surface area contributed by atoms with Gasteiger partial charge in [0.15, 0.2) is 0 Å². The van der Waals surface area contributed by atoms with Crippen LogP contribution in [0.5, 0.6) is 0 Å². The number of likely N-dealkylation sites (tertiary alicyclic amines) is 1. The Morgan fingerprint density at radius 2 is 2.04 bits per heavy atom. The Bertz CT molecular complexity index is 862. The van der Waals surface area contributed by atoms with Crippen LogP contribution in [-0.2, 0) is 6.42 Å². The van der Waals surface area contributed by atoms with E-state index in [1.807, 2.05) is 24.4 Å². The third-order valence-electron chi connectivity index (χ3n) is 4.45. The molecule has 1 aliphatic rings. The van der Waals surface area contributed by atoms with Gasteiger partial charge in [-0.1, -0.05) is 6.07 Å². The lowest BCUT2D eigenvalue weighted by Crippen LogP contribution is -2.23. The SMILES string of the molecule is O=c1[nH]c(CCN2CCCC2)nc2ccc(-c3cn[nH]c3)cc12. The van der Waals surface area contributed by atoms with Gasteiger partial charge in [-0.05, 0) is 43.6 Å². The van der Waals surface area contributed by atoms with Gasteiger partial charge < -0.3 is 9.88 Å². The Kier molecular flexibility index (Phi) is 3.67. The van der Waals surface area contributed by atoms with Gasteiger partial charge in [0.25, 0.3) is 5.56 Å². The average molecular weight is 309 g/mol. The van der Waals surface area contributed by atoms with Gasteiger partial charge in [0.2, 0.25) is 0 Å². The molecule has 4 rings (SSSR count). The number of nitrogens with one attached hydrogen (secondary N) is 2. The Morgan fingerprint density at radius 3 is 2.83 bits per heavy atom. The maximum atomic E-state index is 12.4. The highest BCUT2D eigenvalue weighted by atomic mass is 16.1. The minimum atomic E-state index is -0.0724. The van der Waals surface area contributed by atoms with E-state index in [4.69, 9.17) is 0 Å². The molecule has 0 amide bonds. The van der Waals surface area contributed by atoms with Gasteiger partial charge >= 0.3 is 0 Å². The lowest BCUT2D eigenvalue weighted by atomic mass is 10.1. The van der Waals surface area contributed by atoms with Crippen molar-refractivity contribution in [3.63, 3.8) is 0 Å². The van der Waals surface area contributed by atoms with Crippen molar-refractivity contribution in [2.45, 2.75) is 19.3 Å². The fourth-order valence-electron chi connectivity index (χ4n) is 3.16. The Labute approximate surface area is 133 Å². The van der Waals surface area contributed by atoms with Crippen LogP contribution >= 0.6 is 0 Å². The third kappa shape index (κ3) is 2.90. The molecule has 0 radical (unpaired) electrons. The number of fused-ring (bicyclic) bond motifs is 1. The number of nitrogens with zero attached hydrogens (tertiary/aromatic N) is 3. The van der Waals surface area contributed by atoms with E-state index in [1.54, 1.807) is 6.20 Å². The van der Waals surface area contributed by atoms with Crippen LogP contribution in [0.1, 0.15) is 18.7 Å². The first-order chi connectivity index (χ1) is 11.3. The summed E-state index contributed by atoms with van der Waals surface area (Å²) in [5.74, 6) is 0.769. The Balaban J connectivity index is 1.62. The minimum absolute atomic E-state index is 0.0724. The van der Waals surface area contributed by atoms with Gasteiger partial charge in [0.1, 0.15) is 5.82 Å². The monoisotopic (exact) mass is 309 g/mol. The summed E-state index contributed by atoms with van der Waals surface area (Å²) in [6.07, 6.45) is 6.89. The zero-order valence-corrected chi connectivity index (χ0v) is 12.9. The summed E-state index contributed by atoms with van der Waals surface area (Å²) in [6.45, 7) is 3.28. The van der Waals surface area contributed by atoms with Crippen LogP contribution in [-0.4, -0.2) is 44.7 Å². The van der Waals surface area contributed by atoms with E-state index in [0.29, 0.717) is 5.39 Å². The molecule has 6 heteroatoms. The highest BCUT2D eigenvalue weighted by Crippen LogP contribution is 2.21. The highest BCUT2D eigenvalue weighted by Gasteiger charge is 2.12. The molecule has 0 aliphatic carbocycles. The van der Waals surface area contributed by atoms with Crippen LogP contribution in [0.4, 0.5) is 0 Å². The second-order valence-electron chi connectivity index (χ2n) is 6.03. The fraction of sp³-hybridized carbons (Fsp3) is 0.353. The zero-order valence-electron chi connectivity index (χ0n) is 12.9. The predicted molar refractivity (Wildman–Crippen MR) is 89.3 cm³/mol. The molecule has 118 valence electrons. The average Bonchev–Trinajstić information content (AvgIpc) is 3.26. The molecule has 0 unspecified atom stereocenters. The van der Waals surface area contributed by atoms with E-state index >= 15 is 0 Å². The van der Waals surface area contributed by atoms with E-state index in [1.165, 1.54) is 12.8 Å².